The van der Waals surface area contributed by atoms with E-state index in [-0.39, 0.29) is 5.56 Å². The van der Waals surface area contributed by atoms with Gasteiger partial charge in [0.2, 0.25) is 0 Å². The van der Waals surface area contributed by atoms with Crippen LogP contribution in [0.15, 0.2) is 42.6 Å². The van der Waals surface area contributed by atoms with Crippen LogP contribution in [0.4, 0.5) is 15.9 Å². The Morgan fingerprint density at radius 2 is 1.67 bits per heavy atom. The molecular formula is C19H18FN7. The second-order valence-electron chi connectivity index (χ2n) is 6.37. The molecule has 1 aliphatic rings. The Hall–Kier alpha value is -3.47. The summed E-state index contributed by atoms with van der Waals surface area (Å²) in [5.74, 6) is 0.985. The van der Waals surface area contributed by atoms with Gasteiger partial charge < -0.3 is 9.80 Å². The molecule has 1 saturated heterocycles. The largest absolute Gasteiger partial charge is 0.367 e. The minimum atomic E-state index is -0.479. The van der Waals surface area contributed by atoms with E-state index in [9.17, 15) is 9.65 Å². The maximum Gasteiger partial charge on any atom is 0.175 e. The van der Waals surface area contributed by atoms with E-state index in [2.05, 4.69) is 20.2 Å². The summed E-state index contributed by atoms with van der Waals surface area (Å²) in [5, 5.41) is 22.1. The third-order valence-electron chi connectivity index (χ3n) is 4.64. The van der Waals surface area contributed by atoms with Crippen molar-refractivity contribution in [1.82, 2.24) is 20.0 Å². The van der Waals surface area contributed by atoms with Crippen molar-refractivity contribution < 1.29 is 4.39 Å². The van der Waals surface area contributed by atoms with Gasteiger partial charge in [0, 0.05) is 32.4 Å². The molecule has 1 aliphatic heterocycles. The number of aromatic nitrogens is 4. The van der Waals surface area contributed by atoms with Gasteiger partial charge in [0.25, 0.3) is 0 Å². The van der Waals surface area contributed by atoms with Crippen molar-refractivity contribution in [3.63, 3.8) is 0 Å². The molecular weight excluding hydrogens is 345 g/mol. The molecule has 136 valence electrons. The summed E-state index contributed by atoms with van der Waals surface area (Å²) in [6.45, 7) is 4.72. The van der Waals surface area contributed by atoms with Crippen molar-refractivity contribution in [3.05, 3.63) is 59.7 Å². The third-order valence-corrected chi connectivity index (χ3v) is 4.64. The van der Waals surface area contributed by atoms with Gasteiger partial charge in [-0.3, -0.25) is 0 Å². The maximum atomic E-state index is 13.8. The Morgan fingerprint density at radius 1 is 0.963 bits per heavy atom. The molecule has 0 spiro atoms. The Morgan fingerprint density at radius 3 is 2.30 bits per heavy atom. The Bertz CT molecular complexity index is 982. The summed E-state index contributed by atoms with van der Waals surface area (Å²) in [4.78, 5) is 4.17. The normalized spacial score (nSPS) is 14.3. The van der Waals surface area contributed by atoms with Crippen LogP contribution in [0.5, 0.6) is 0 Å². The predicted molar refractivity (Wildman–Crippen MR) is 99.4 cm³/mol. The van der Waals surface area contributed by atoms with E-state index in [1.54, 1.807) is 16.8 Å². The number of halogens is 1. The fourth-order valence-corrected chi connectivity index (χ4v) is 3.22. The zero-order valence-electron chi connectivity index (χ0n) is 14.9. The second kappa shape index (κ2) is 7.03. The van der Waals surface area contributed by atoms with Crippen molar-refractivity contribution in [1.29, 1.82) is 5.26 Å². The van der Waals surface area contributed by atoms with E-state index in [1.807, 2.05) is 42.3 Å². The van der Waals surface area contributed by atoms with E-state index < -0.39 is 5.82 Å². The van der Waals surface area contributed by atoms with E-state index in [0.29, 0.717) is 24.6 Å². The summed E-state index contributed by atoms with van der Waals surface area (Å²) in [6, 6.07) is 12.4. The first-order valence-corrected chi connectivity index (χ1v) is 8.70. The average molecular weight is 363 g/mol. The standard InChI is InChI=1S/C19H18FN7/c1-14-7-8-27(24-14)19-6-5-18(22-23-19)26-11-9-25(10-12-26)17-4-2-3-16(20)15(17)13-21/h2-8H,9-12H2,1H3. The van der Waals surface area contributed by atoms with Crippen molar-refractivity contribution in [2.75, 3.05) is 36.0 Å². The summed E-state index contributed by atoms with van der Waals surface area (Å²) in [6.07, 6.45) is 1.85. The second-order valence-corrected chi connectivity index (χ2v) is 6.37. The summed E-state index contributed by atoms with van der Waals surface area (Å²) < 4.78 is 15.5. The van der Waals surface area contributed by atoms with Gasteiger partial charge in [0.1, 0.15) is 17.4 Å². The molecule has 27 heavy (non-hydrogen) atoms. The van der Waals surface area contributed by atoms with Crippen molar-refractivity contribution in [2.45, 2.75) is 6.92 Å². The third kappa shape index (κ3) is 3.31. The van der Waals surface area contributed by atoms with Crippen molar-refractivity contribution in [2.24, 2.45) is 0 Å². The van der Waals surface area contributed by atoms with Gasteiger partial charge in [0.15, 0.2) is 11.6 Å². The highest BCUT2D eigenvalue weighted by Gasteiger charge is 2.21. The molecule has 1 aromatic carbocycles. The van der Waals surface area contributed by atoms with Crippen LogP contribution in [-0.2, 0) is 0 Å². The highest BCUT2D eigenvalue weighted by molar-refractivity contribution is 5.60. The van der Waals surface area contributed by atoms with E-state index in [1.165, 1.54) is 6.07 Å². The monoisotopic (exact) mass is 363 g/mol. The fraction of sp³-hybridized carbons (Fsp3) is 0.263. The van der Waals surface area contributed by atoms with Crippen LogP contribution in [-0.4, -0.2) is 46.2 Å². The zero-order valence-corrected chi connectivity index (χ0v) is 14.9. The number of hydrogen-bond donors (Lipinski definition) is 0. The van der Waals surface area contributed by atoms with Crippen LogP contribution in [0.2, 0.25) is 0 Å². The van der Waals surface area contributed by atoms with Gasteiger partial charge in [-0.1, -0.05) is 6.07 Å². The molecule has 0 atom stereocenters. The van der Waals surface area contributed by atoms with Crippen LogP contribution in [0, 0.1) is 24.1 Å². The van der Waals surface area contributed by atoms with Gasteiger partial charge in [-0.05, 0) is 37.3 Å². The molecule has 0 aliphatic carbocycles. The molecule has 0 amide bonds. The molecule has 8 heteroatoms. The molecule has 4 rings (SSSR count). The SMILES string of the molecule is Cc1ccn(-c2ccc(N3CCN(c4cccc(F)c4C#N)CC3)nn2)n1. The van der Waals surface area contributed by atoms with E-state index >= 15 is 0 Å². The van der Waals surface area contributed by atoms with Gasteiger partial charge in [-0.15, -0.1) is 10.2 Å². The summed E-state index contributed by atoms with van der Waals surface area (Å²) in [5.41, 5.74) is 1.67. The van der Waals surface area contributed by atoms with Gasteiger partial charge in [0.05, 0.1) is 11.4 Å². The number of rotatable bonds is 3. The Kier molecular flexibility index (Phi) is 4.42. The molecule has 0 radical (unpaired) electrons. The van der Waals surface area contributed by atoms with Crippen molar-refractivity contribution in [3.8, 4) is 11.9 Å². The molecule has 3 heterocycles. The molecule has 0 saturated carbocycles. The lowest BCUT2D eigenvalue weighted by molar-refractivity contribution is 0.614. The number of anilines is 2. The number of nitriles is 1. The number of piperazine rings is 1. The molecule has 0 unspecified atom stereocenters. The van der Waals surface area contributed by atoms with Crippen LogP contribution in [0.3, 0.4) is 0 Å². The summed E-state index contributed by atoms with van der Waals surface area (Å²) >= 11 is 0. The lowest BCUT2D eigenvalue weighted by atomic mass is 10.1. The molecule has 2 aromatic heterocycles. The first-order chi connectivity index (χ1) is 13.2. The van der Waals surface area contributed by atoms with Crippen LogP contribution < -0.4 is 9.80 Å². The predicted octanol–water partition coefficient (Wildman–Crippen LogP) is 2.31. The molecule has 0 bridgehead atoms. The topological polar surface area (TPSA) is 73.9 Å². The smallest absolute Gasteiger partial charge is 0.175 e. The lowest BCUT2D eigenvalue weighted by Crippen LogP contribution is -2.47. The Balaban J connectivity index is 1.45. The first-order valence-electron chi connectivity index (χ1n) is 8.70. The van der Waals surface area contributed by atoms with Crippen molar-refractivity contribution >= 4 is 11.5 Å². The number of benzene rings is 1. The van der Waals surface area contributed by atoms with E-state index in [4.69, 9.17) is 0 Å². The number of aryl methyl sites for hydroxylation is 1. The quantitative estimate of drug-likeness (QED) is 0.711. The van der Waals surface area contributed by atoms with Gasteiger partial charge in [-0.2, -0.15) is 10.4 Å². The van der Waals surface area contributed by atoms with Gasteiger partial charge >= 0.3 is 0 Å². The minimum Gasteiger partial charge on any atom is -0.367 e. The lowest BCUT2D eigenvalue weighted by Gasteiger charge is -2.36. The fourth-order valence-electron chi connectivity index (χ4n) is 3.22. The van der Waals surface area contributed by atoms with Crippen LogP contribution in [0.1, 0.15) is 11.3 Å². The molecule has 0 N–H and O–H groups in total. The molecule has 3 aromatic rings. The number of nitrogens with zero attached hydrogens (tertiary/aromatic N) is 7. The molecule has 7 nitrogen and oxygen atoms in total. The highest BCUT2D eigenvalue weighted by Crippen LogP contribution is 2.24. The molecule has 1 fully saturated rings. The summed E-state index contributed by atoms with van der Waals surface area (Å²) in [7, 11) is 0. The van der Waals surface area contributed by atoms with Crippen LogP contribution in [0.25, 0.3) is 5.82 Å². The maximum absolute atomic E-state index is 13.8. The van der Waals surface area contributed by atoms with E-state index in [0.717, 1.165) is 24.6 Å². The number of hydrogen-bond acceptors (Lipinski definition) is 6. The highest BCUT2D eigenvalue weighted by atomic mass is 19.1. The van der Waals surface area contributed by atoms with Gasteiger partial charge in [-0.25, -0.2) is 9.07 Å². The first kappa shape index (κ1) is 17.0. The van der Waals surface area contributed by atoms with Crippen LogP contribution >= 0.6 is 0 Å². The minimum absolute atomic E-state index is 0.101. The Labute approximate surface area is 156 Å². The zero-order chi connectivity index (χ0) is 18.8. The average Bonchev–Trinajstić information content (AvgIpc) is 3.14.